The van der Waals surface area contributed by atoms with Crippen molar-refractivity contribution in [2.24, 2.45) is 11.3 Å². The van der Waals surface area contributed by atoms with Crippen LogP contribution in [-0.2, 0) is 9.53 Å². The van der Waals surface area contributed by atoms with Gasteiger partial charge in [-0.25, -0.2) is 4.79 Å². The number of ether oxygens (including phenoxy) is 1. The molecule has 0 aromatic heterocycles. The number of hydrogen-bond donors (Lipinski definition) is 0. The molecule has 0 spiro atoms. The van der Waals surface area contributed by atoms with Crippen molar-refractivity contribution in [3.05, 3.63) is 23.8 Å². The molecule has 3 unspecified atom stereocenters. The second-order valence-corrected chi connectivity index (χ2v) is 5.67. The van der Waals surface area contributed by atoms with Gasteiger partial charge in [0, 0.05) is 17.9 Å². The first kappa shape index (κ1) is 10.1. The molecule has 2 nitrogen and oxygen atoms in total. The molecule has 3 atom stereocenters. The smallest absolute Gasteiger partial charge is 0.334 e. The summed E-state index contributed by atoms with van der Waals surface area (Å²) in [5, 5.41) is 0. The number of rotatable bonds is 0. The summed E-state index contributed by atoms with van der Waals surface area (Å²) >= 11 is 0. The third kappa shape index (κ3) is 1.28. The van der Waals surface area contributed by atoms with Gasteiger partial charge in [0.15, 0.2) is 0 Å². The molecule has 0 radical (unpaired) electrons. The summed E-state index contributed by atoms with van der Waals surface area (Å²) in [7, 11) is 0. The molecule has 1 aliphatic heterocycles. The van der Waals surface area contributed by atoms with Gasteiger partial charge in [-0.3, -0.25) is 0 Å². The highest BCUT2D eigenvalue weighted by Crippen LogP contribution is 2.53. The van der Waals surface area contributed by atoms with E-state index in [4.69, 9.17) is 4.74 Å². The van der Waals surface area contributed by atoms with Crippen molar-refractivity contribution in [3.63, 3.8) is 0 Å². The van der Waals surface area contributed by atoms with E-state index in [0.717, 1.165) is 12.8 Å². The van der Waals surface area contributed by atoms with E-state index in [-0.39, 0.29) is 18.0 Å². The molecule has 2 heteroatoms. The van der Waals surface area contributed by atoms with E-state index >= 15 is 0 Å². The summed E-state index contributed by atoms with van der Waals surface area (Å²) in [6.07, 6.45) is 8.16. The Morgan fingerprint density at radius 1 is 1.56 bits per heavy atom. The van der Waals surface area contributed by atoms with Crippen LogP contribution in [0.4, 0.5) is 0 Å². The van der Waals surface area contributed by atoms with Crippen LogP contribution >= 0.6 is 0 Å². The van der Waals surface area contributed by atoms with Crippen LogP contribution in [-0.4, -0.2) is 12.1 Å². The average Bonchev–Trinajstić information content (AvgIpc) is 2.51. The molecule has 2 fully saturated rings. The maximum atomic E-state index is 11.5. The fraction of sp³-hybridized carbons (Fsp3) is 0.643. The van der Waals surface area contributed by atoms with Crippen LogP contribution in [0.1, 0.15) is 39.0 Å². The lowest BCUT2D eigenvalue weighted by atomic mass is 9.61. The number of hydrogen-bond acceptors (Lipinski definition) is 2. The van der Waals surface area contributed by atoms with Crippen LogP contribution in [0, 0.1) is 11.3 Å². The van der Waals surface area contributed by atoms with Crippen LogP contribution in [0.3, 0.4) is 0 Å². The molecule has 0 aromatic rings. The van der Waals surface area contributed by atoms with E-state index in [1.165, 1.54) is 24.8 Å². The zero-order chi connectivity index (χ0) is 11.3. The minimum absolute atomic E-state index is 0.0809. The minimum atomic E-state index is -0.169. The van der Waals surface area contributed by atoms with Gasteiger partial charge in [-0.15, -0.1) is 0 Å². The Morgan fingerprint density at radius 3 is 3.19 bits per heavy atom. The van der Waals surface area contributed by atoms with Crippen molar-refractivity contribution in [2.45, 2.75) is 45.1 Å². The molecular formula is C14H18O2. The minimum Gasteiger partial charge on any atom is -0.458 e. The Hall–Kier alpha value is -1.05. The predicted molar refractivity (Wildman–Crippen MR) is 61.8 cm³/mol. The number of fused-ring (bicyclic) bond motifs is 2. The Bertz CT molecular complexity index is 394. The Morgan fingerprint density at radius 2 is 2.38 bits per heavy atom. The zero-order valence-electron chi connectivity index (χ0n) is 9.79. The SMILES string of the molecule is C=C1C(=O)OC2CC3=CCCCC3(C)CC12. The van der Waals surface area contributed by atoms with Gasteiger partial charge < -0.3 is 4.74 Å². The third-order valence-corrected chi connectivity index (χ3v) is 4.61. The fourth-order valence-electron chi connectivity index (χ4n) is 3.55. The van der Waals surface area contributed by atoms with Crippen LogP contribution in [0.5, 0.6) is 0 Å². The van der Waals surface area contributed by atoms with E-state index in [1.807, 2.05) is 0 Å². The molecule has 1 saturated heterocycles. The zero-order valence-corrected chi connectivity index (χ0v) is 9.79. The number of allylic oxidation sites excluding steroid dienone is 1. The van der Waals surface area contributed by atoms with Gasteiger partial charge in [-0.2, -0.15) is 0 Å². The van der Waals surface area contributed by atoms with Crippen molar-refractivity contribution in [2.75, 3.05) is 0 Å². The monoisotopic (exact) mass is 218 g/mol. The van der Waals surface area contributed by atoms with Crippen LogP contribution in [0.2, 0.25) is 0 Å². The molecule has 0 bridgehead atoms. The standard InChI is InChI=1S/C14H18O2/c1-9-11-8-14(2)6-4-3-5-10(14)7-12(11)16-13(9)15/h5,11-12H,1,3-4,6-8H2,2H3. The summed E-state index contributed by atoms with van der Waals surface area (Å²) in [5.41, 5.74) is 2.52. The van der Waals surface area contributed by atoms with Crippen molar-refractivity contribution in [1.29, 1.82) is 0 Å². The largest absolute Gasteiger partial charge is 0.458 e. The lowest BCUT2D eigenvalue weighted by Crippen LogP contribution is -2.36. The van der Waals surface area contributed by atoms with Gasteiger partial charge in [0.05, 0.1) is 0 Å². The lowest BCUT2D eigenvalue weighted by molar-refractivity contribution is -0.139. The maximum absolute atomic E-state index is 11.5. The van der Waals surface area contributed by atoms with Gasteiger partial charge in [0.25, 0.3) is 0 Å². The second kappa shape index (κ2) is 3.22. The molecule has 1 saturated carbocycles. The summed E-state index contributed by atoms with van der Waals surface area (Å²) < 4.78 is 5.39. The first-order valence-electron chi connectivity index (χ1n) is 6.19. The summed E-state index contributed by atoms with van der Waals surface area (Å²) in [6.45, 7) is 6.23. The van der Waals surface area contributed by atoms with E-state index in [9.17, 15) is 4.79 Å². The van der Waals surface area contributed by atoms with Crippen LogP contribution in [0.15, 0.2) is 23.8 Å². The van der Waals surface area contributed by atoms with Gasteiger partial charge in [0.1, 0.15) is 6.10 Å². The van der Waals surface area contributed by atoms with Crippen molar-refractivity contribution in [1.82, 2.24) is 0 Å². The fourth-order valence-corrected chi connectivity index (χ4v) is 3.55. The van der Waals surface area contributed by atoms with Crippen molar-refractivity contribution >= 4 is 5.97 Å². The number of esters is 1. The first-order chi connectivity index (χ1) is 7.60. The average molecular weight is 218 g/mol. The molecule has 3 aliphatic rings. The normalized spacial score (nSPS) is 42.2. The van der Waals surface area contributed by atoms with Gasteiger partial charge in [-0.05, 0) is 31.1 Å². The molecular weight excluding hydrogens is 200 g/mol. The summed E-state index contributed by atoms with van der Waals surface area (Å²) in [6, 6.07) is 0. The van der Waals surface area contributed by atoms with Gasteiger partial charge >= 0.3 is 5.97 Å². The molecule has 2 aliphatic carbocycles. The maximum Gasteiger partial charge on any atom is 0.334 e. The quantitative estimate of drug-likeness (QED) is 0.355. The van der Waals surface area contributed by atoms with E-state index in [0.29, 0.717) is 11.0 Å². The van der Waals surface area contributed by atoms with E-state index in [2.05, 4.69) is 19.6 Å². The second-order valence-electron chi connectivity index (χ2n) is 5.67. The third-order valence-electron chi connectivity index (χ3n) is 4.61. The van der Waals surface area contributed by atoms with E-state index in [1.54, 1.807) is 0 Å². The summed E-state index contributed by atoms with van der Waals surface area (Å²) in [5.74, 6) is 0.102. The molecule has 16 heavy (non-hydrogen) atoms. The van der Waals surface area contributed by atoms with Gasteiger partial charge in [-0.1, -0.05) is 25.2 Å². The highest BCUT2D eigenvalue weighted by molar-refractivity contribution is 5.91. The molecule has 0 aromatic carbocycles. The van der Waals surface area contributed by atoms with Crippen molar-refractivity contribution < 1.29 is 9.53 Å². The Labute approximate surface area is 96.4 Å². The molecule has 86 valence electrons. The van der Waals surface area contributed by atoms with E-state index < -0.39 is 0 Å². The predicted octanol–water partition coefficient (Wildman–Crippen LogP) is 2.99. The highest BCUT2D eigenvalue weighted by atomic mass is 16.6. The van der Waals surface area contributed by atoms with Crippen molar-refractivity contribution in [3.8, 4) is 0 Å². The van der Waals surface area contributed by atoms with Gasteiger partial charge in [0.2, 0.25) is 0 Å². The Kier molecular flexibility index (Phi) is 2.04. The molecule has 1 heterocycles. The topological polar surface area (TPSA) is 26.3 Å². The van der Waals surface area contributed by atoms with Crippen LogP contribution < -0.4 is 0 Å². The number of carbonyl (C=O) groups is 1. The lowest BCUT2D eigenvalue weighted by Gasteiger charge is -2.43. The number of carbonyl (C=O) groups excluding carboxylic acids is 1. The molecule has 3 rings (SSSR count). The molecule has 0 amide bonds. The molecule has 0 N–H and O–H groups in total. The Balaban J connectivity index is 1.93. The highest BCUT2D eigenvalue weighted by Gasteiger charge is 2.49. The summed E-state index contributed by atoms with van der Waals surface area (Å²) in [4.78, 5) is 11.5. The first-order valence-corrected chi connectivity index (χ1v) is 6.19. The van der Waals surface area contributed by atoms with Crippen LogP contribution in [0.25, 0.3) is 0 Å².